The van der Waals surface area contributed by atoms with Crippen molar-refractivity contribution in [1.82, 2.24) is 29.2 Å². The van der Waals surface area contributed by atoms with Crippen molar-refractivity contribution >= 4 is 22.8 Å². The van der Waals surface area contributed by atoms with Crippen molar-refractivity contribution in [3.05, 3.63) is 69.1 Å². The molecule has 3 aromatic heterocycles. The van der Waals surface area contributed by atoms with E-state index in [0.717, 1.165) is 17.9 Å². The van der Waals surface area contributed by atoms with E-state index in [1.165, 1.54) is 22.0 Å². The van der Waals surface area contributed by atoms with Gasteiger partial charge in [-0.15, -0.1) is 0 Å². The second-order valence-corrected chi connectivity index (χ2v) is 8.35. The summed E-state index contributed by atoms with van der Waals surface area (Å²) in [5.41, 5.74) is 3.49. The summed E-state index contributed by atoms with van der Waals surface area (Å²) in [5, 5.41) is 4.93. The van der Waals surface area contributed by atoms with Crippen molar-refractivity contribution in [2.45, 2.75) is 25.3 Å². The fraction of sp³-hybridized carbons (Fsp3) is 0.350. The Hall–Kier alpha value is -3.00. The monoisotopic (exact) mass is 408 g/mol. The molecular formula is C20H17ClN6O2. The molecule has 4 aromatic rings. The molecule has 2 aliphatic rings. The molecule has 146 valence electrons. The number of imidazole rings is 1. The summed E-state index contributed by atoms with van der Waals surface area (Å²) in [6.07, 6.45) is 4.90. The van der Waals surface area contributed by atoms with E-state index in [0.29, 0.717) is 40.6 Å². The van der Waals surface area contributed by atoms with Crippen LogP contribution >= 0.6 is 11.6 Å². The molecule has 9 heteroatoms. The third kappa shape index (κ3) is 2.62. The Bertz CT molecular complexity index is 1320. The van der Waals surface area contributed by atoms with Crippen LogP contribution in [0.3, 0.4) is 0 Å². The molecule has 0 aliphatic heterocycles. The Labute approximate surface area is 170 Å². The standard InChI is InChI=1S/C20H17ClN6O2/c1-26-8-22-19-18(26)20(28)27(9-23-19)7-16-24-15(25-29-16)6-14-13-5-10-4-11(21)2-3-12(10)17(13)14/h2-4,8-9,13-14,17H,5-7H2,1H3/t13-,14?,17-/m1/s1. The average Bonchev–Trinajstić information content (AvgIpc) is 3.07. The van der Waals surface area contributed by atoms with Crippen molar-refractivity contribution in [2.75, 3.05) is 0 Å². The van der Waals surface area contributed by atoms with Crippen LogP contribution in [0.1, 0.15) is 28.8 Å². The first kappa shape index (κ1) is 16.9. The molecular weight excluding hydrogens is 392 g/mol. The molecule has 1 aromatic carbocycles. The first-order valence-corrected chi connectivity index (χ1v) is 9.92. The number of aromatic nitrogens is 6. The summed E-state index contributed by atoms with van der Waals surface area (Å²) < 4.78 is 8.52. The maximum Gasteiger partial charge on any atom is 0.280 e. The van der Waals surface area contributed by atoms with E-state index in [1.807, 2.05) is 6.07 Å². The predicted molar refractivity (Wildman–Crippen MR) is 105 cm³/mol. The van der Waals surface area contributed by atoms with Crippen LogP contribution < -0.4 is 5.56 Å². The number of benzene rings is 1. The Morgan fingerprint density at radius 2 is 2.14 bits per heavy atom. The molecule has 3 heterocycles. The number of rotatable bonds is 4. The van der Waals surface area contributed by atoms with Crippen molar-refractivity contribution in [3.63, 3.8) is 0 Å². The van der Waals surface area contributed by atoms with Crippen LogP contribution in [-0.4, -0.2) is 29.2 Å². The third-order valence-corrected chi connectivity index (χ3v) is 6.42. The van der Waals surface area contributed by atoms with Gasteiger partial charge in [0.2, 0.25) is 5.89 Å². The number of nitrogens with zero attached hydrogens (tertiary/aromatic N) is 6. The number of hydrogen-bond acceptors (Lipinski definition) is 6. The molecule has 0 radical (unpaired) electrons. The van der Waals surface area contributed by atoms with Crippen LogP contribution in [0, 0.1) is 11.8 Å². The zero-order chi connectivity index (χ0) is 19.7. The molecule has 0 bridgehead atoms. The summed E-state index contributed by atoms with van der Waals surface area (Å²) >= 11 is 6.10. The Kier molecular flexibility index (Phi) is 3.50. The normalized spacial score (nSPS) is 22.1. The SMILES string of the molecule is Cn1cnc2ncn(Cc3nc(CC4[C@H]5Cc6cc(Cl)ccc6[C@@H]45)no3)c(=O)c21. The average molecular weight is 409 g/mol. The molecule has 0 spiro atoms. The molecule has 1 unspecified atom stereocenters. The number of fused-ring (bicyclic) bond motifs is 4. The highest BCUT2D eigenvalue weighted by atomic mass is 35.5. The topological polar surface area (TPSA) is 91.6 Å². The fourth-order valence-corrected chi connectivity index (χ4v) is 4.97. The highest BCUT2D eigenvalue weighted by Gasteiger charge is 2.55. The van der Waals surface area contributed by atoms with Gasteiger partial charge in [0, 0.05) is 18.5 Å². The smallest absolute Gasteiger partial charge is 0.280 e. The lowest BCUT2D eigenvalue weighted by molar-refractivity contribution is 0.363. The van der Waals surface area contributed by atoms with Gasteiger partial charge in [0.05, 0.1) is 6.33 Å². The molecule has 0 amide bonds. The van der Waals surface area contributed by atoms with E-state index < -0.39 is 0 Å². The number of halogens is 1. The molecule has 29 heavy (non-hydrogen) atoms. The van der Waals surface area contributed by atoms with Crippen LogP contribution in [0.25, 0.3) is 11.2 Å². The zero-order valence-corrected chi connectivity index (χ0v) is 16.4. The Morgan fingerprint density at radius 3 is 3.03 bits per heavy atom. The predicted octanol–water partition coefficient (Wildman–Crippen LogP) is 2.34. The van der Waals surface area contributed by atoms with Crippen molar-refractivity contribution in [3.8, 4) is 0 Å². The molecule has 3 atom stereocenters. The molecule has 0 saturated heterocycles. The summed E-state index contributed by atoms with van der Waals surface area (Å²) in [7, 11) is 1.77. The van der Waals surface area contributed by atoms with Gasteiger partial charge in [0.1, 0.15) is 12.9 Å². The second kappa shape index (κ2) is 6.00. The third-order valence-electron chi connectivity index (χ3n) is 6.19. The van der Waals surface area contributed by atoms with Gasteiger partial charge in [0.25, 0.3) is 5.56 Å². The minimum Gasteiger partial charge on any atom is -0.337 e. The zero-order valence-electron chi connectivity index (χ0n) is 15.6. The lowest BCUT2D eigenvalue weighted by atomic mass is 10.0. The Balaban J connectivity index is 1.19. The van der Waals surface area contributed by atoms with Crippen LogP contribution in [0.5, 0.6) is 0 Å². The van der Waals surface area contributed by atoms with Crippen LogP contribution in [0.15, 0.2) is 40.2 Å². The van der Waals surface area contributed by atoms with Crippen LogP contribution in [0.4, 0.5) is 0 Å². The van der Waals surface area contributed by atoms with E-state index in [4.69, 9.17) is 16.1 Å². The molecule has 0 N–H and O–H groups in total. The lowest BCUT2D eigenvalue weighted by Gasteiger charge is -2.06. The minimum atomic E-state index is -0.179. The highest BCUT2D eigenvalue weighted by molar-refractivity contribution is 6.30. The number of hydrogen-bond donors (Lipinski definition) is 0. The molecule has 8 nitrogen and oxygen atoms in total. The molecule has 1 fully saturated rings. The number of aryl methyl sites for hydroxylation is 1. The van der Waals surface area contributed by atoms with Gasteiger partial charge in [-0.2, -0.15) is 4.98 Å². The summed E-state index contributed by atoms with van der Waals surface area (Å²) in [4.78, 5) is 25.5. The van der Waals surface area contributed by atoms with Gasteiger partial charge in [-0.3, -0.25) is 9.36 Å². The molecule has 1 saturated carbocycles. The maximum atomic E-state index is 12.6. The fourth-order valence-electron chi connectivity index (χ4n) is 4.77. The summed E-state index contributed by atoms with van der Waals surface area (Å²) in [6.45, 7) is 0.193. The van der Waals surface area contributed by atoms with E-state index in [9.17, 15) is 4.79 Å². The minimum absolute atomic E-state index is 0.179. The quantitative estimate of drug-likeness (QED) is 0.514. The van der Waals surface area contributed by atoms with E-state index in [1.54, 1.807) is 17.9 Å². The van der Waals surface area contributed by atoms with Gasteiger partial charge < -0.3 is 9.09 Å². The van der Waals surface area contributed by atoms with Gasteiger partial charge in [0.15, 0.2) is 17.0 Å². The lowest BCUT2D eigenvalue weighted by Crippen LogP contribution is -2.22. The summed E-state index contributed by atoms with van der Waals surface area (Å²) in [6, 6.07) is 6.20. The highest BCUT2D eigenvalue weighted by Crippen LogP contribution is 2.62. The largest absolute Gasteiger partial charge is 0.337 e. The van der Waals surface area contributed by atoms with Gasteiger partial charge in [-0.1, -0.05) is 22.8 Å². The van der Waals surface area contributed by atoms with E-state index >= 15 is 0 Å². The molecule has 6 rings (SSSR count). The molecule has 2 aliphatic carbocycles. The van der Waals surface area contributed by atoms with Crippen molar-refractivity contribution < 1.29 is 4.52 Å². The van der Waals surface area contributed by atoms with Crippen molar-refractivity contribution in [1.29, 1.82) is 0 Å². The first-order chi connectivity index (χ1) is 14.1. The summed E-state index contributed by atoms with van der Waals surface area (Å²) in [5.74, 6) is 2.86. The van der Waals surface area contributed by atoms with Gasteiger partial charge >= 0.3 is 0 Å². The van der Waals surface area contributed by atoms with E-state index in [-0.39, 0.29) is 12.1 Å². The van der Waals surface area contributed by atoms with Crippen LogP contribution in [-0.2, 0) is 26.4 Å². The first-order valence-electron chi connectivity index (χ1n) is 9.55. The van der Waals surface area contributed by atoms with Gasteiger partial charge in [-0.25, -0.2) is 9.97 Å². The van der Waals surface area contributed by atoms with Gasteiger partial charge in [-0.05, 0) is 47.4 Å². The van der Waals surface area contributed by atoms with E-state index in [2.05, 4.69) is 32.2 Å². The second-order valence-electron chi connectivity index (χ2n) is 7.91. The van der Waals surface area contributed by atoms with Crippen molar-refractivity contribution in [2.24, 2.45) is 18.9 Å². The Morgan fingerprint density at radius 1 is 1.28 bits per heavy atom. The maximum absolute atomic E-state index is 12.6. The van der Waals surface area contributed by atoms with Crippen LogP contribution in [0.2, 0.25) is 5.02 Å².